The van der Waals surface area contributed by atoms with Crippen LogP contribution in [-0.2, 0) is 4.74 Å². The Bertz CT molecular complexity index is 741. The number of rotatable bonds is 5. The third kappa shape index (κ3) is 4.16. The maximum absolute atomic E-state index is 12.9. The number of para-hydroxylation sites is 2. The highest BCUT2D eigenvalue weighted by atomic mass is 16.5. The Morgan fingerprint density at radius 2 is 1.76 bits per heavy atom. The number of amidine groups is 1. The van der Waals surface area contributed by atoms with Crippen molar-refractivity contribution in [1.29, 1.82) is 0 Å². The molecular weight excluding hydrogens is 318 g/mol. The molecule has 3 rings (SSSR count). The summed E-state index contributed by atoms with van der Waals surface area (Å²) < 4.78 is 10.7. The summed E-state index contributed by atoms with van der Waals surface area (Å²) in [5.41, 5.74) is 4.28. The lowest BCUT2D eigenvalue weighted by molar-refractivity contribution is 0.0658. The van der Waals surface area contributed by atoms with E-state index >= 15 is 0 Å². The third-order valence-electron chi connectivity index (χ3n) is 3.94. The van der Waals surface area contributed by atoms with E-state index in [0.29, 0.717) is 49.1 Å². The Morgan fingerprint density at radius 1 is 1.08 bits per heavy atom. The summed E-state index contributed by atoms with van der Waals surface area (Å²) in [5, 5.41) is 4.41. The highest BCUT2D eigenvalue weighted by Gasteiger charge is 2.23. The van der Waals surface area contributed by atoms with Crippen molar-refractivity contribution in [3.05, 3.63) is 60.2 Å². The standard InChI is InChI=1S/C19H21N3O3/c1-24-17-10-6-5-9-16(17)20-21-19(22-11-13-25-14-12-22)18(23)15-7-3-2-4-8-15/h2-10,20H,11-14H2,1H3/b21-19+. The van der Waals surface area contributed by atoms with Crippen molar-refractivity contribution in [2.24, 2.45) is 5.10 Å². The van der Waals surface area contributed by atoms with Gasteiger partial charge in [-0.05, 0) is 12.1 Å². The number of benzene rings is 2. The minimum Gasteiger partial charge on any atom is -0.495 e. The van der Waals surface area contributed by atoms with E-state index in [0.717, 1.165) is 0 Å². The molecule has 0 aromatic heterocycles. The van der Waals surface area contributed by atoms with E-state index in [2.05, 4.69) is 10.5 Å². The molecule has 130 valence electrons. The van der Waals surface area contributed by atoms with Crippen LogP contribution in [0.15, 0.2) is 59.7 Å². The number of ketones is 1. The molecule has 25 heavy (non-hydrogen) atoms. The van der Waals surface area contributed by atoms with Crippen LogP contribution >= 0.6 is 0 Å². The zero-order chi connectivity index (χ0) is 17.5. The lowest BCUT2D eigenvalue weighted by Gasteiger charge is -2.29. The molecule has 6 nitrogen and oxygen atoms in total. The number of nitrogens with zero attached hydrogens (tertiary/aromatic N) is 2. The van der Waals surface area contributed by atoms with E-state index in [1.807, 2.05) is 47.4 Å². The summed E-state index contributed by atoms with van der Waals surface area (Å²) in [5.74, 6) is 0.921. The third-order valence-corrected chi connectivity index (χ3v) is 3.94. The number of hydrazone groups is 1. The molecular formula is C19H21N3O3. The molecule has 0 spiro atoms. The molecule has 6 heteroatoms. The zero-order valence-corrected chi connectivity index (χ0v) is 14.1. The van der Waals surface area contributed by atoms with Gasteiger partial charge in [0.15, 0.2) is 5.84 Å². The molecule has 2 aromatic carbocycles. The van der Waals surface area contributed by atoms with Crippen LogP contribution in [-0.4, -0.2) is 49.9 Å². The fourth-order valence-electron chi connectivity index (χ4n) is 2.61. The number of carbonyl (C=O) groups is 1. The van der Waals surface area contributed by atoms with Gasteiger partial charge in [-0.25, -0.2) is 0 Å². The molecule has 0 saturated carbocycles. The van der Waals surface area contributed by atoms with Gasteiger partial charge < -0.3 is 14.4 Å². The van der Waals surface area contributed by atoms with Gasteiger partial charge in [-0.15, -0.1) is 0 Å². The van der Waals surface area contributed by atoms with Crippen molar-refractivity contribution in [3.8, 4) is 5.75 Å². The lowest BCUT2D eigenvalue weighted by atomic mass is 10.1. The number of morpholine rings is 1. The average Bonchev–Trinajstić information content (AvgIpc) is 2.70. The number of hydrogen-bond donors (Lipinski definition) is 1. The Balaban J connectivity index is 1.89. The van der Waals surface area contributed by atoms with Crippen LogP contribution in [0.4, 0.5) is 5.69 Å². The second-order valence-corrected chi connectivity index (χ2v) is 5.54. The summed E-state index contributed by atoms with van der Waals surface area (Å²) in [6.07, 6.45) is 0. The highest BCUT2D eigenvalue weighted by molar-refractivity contribution is 6.45. The van der Waals surface area contributed by atoms with Gasteiger partial charge in [-0.2, -0.15) is 5.10 Å². The van der Waals surface area contributed by atoms with Gasteiger partial charge >= 0.3 is 0 Å². The van der Waals surface area contributed by atoms with Crippen LogP contribution in [0.2, 0.25) is 0 Å². The van der Waals surface area contributed by atoms with Gasteiger partial charge in [0.1, 0.15) is 5.75 Å². The maximum Gasteiger partial charge on any atom is 0.229 e. The number of ether oxygens (including phenoxy) is 2. The summed E-state index contributed by atoms with van der Waals surface area (Å²) in [6.45, 7) is 2.42. The number of nitrogens with one attached hydrogen (secondary N) is 1. The predicted molar refractivity (Wildman–Crippen MR) is 97.2 cm³/mol. The van der Waals surface area contributed by atoms with E-state index in [9.17, 15) is 4.79 Å². The minimum absolute atomic E-state index is 0.120. The molecule has 1 fully saturated rings. The van der Waals surface area contributed by atoms with E-state index in [4.69, 9.17) is 9.47 Å². The summed E-state index contributed by atoms with van der Waals surface area (Å²) >= 11 is 0. The molecule has 0 atom stereocenters. The molecule has 0 radical (unpaired) electrons. The van der Waals surface area contributed by atoms with Crippen LogP contribution in [0, 0.1) is 0 Å². The molecule has 2 aromatic rings. The Labute approximate surface area is 147 Å². The number of Topliss-reactive ketones (excluding diaryl/α,β-unsaturated/α-hetero) is 1. The summed E-state index contributed by atoms with van der Waals surface area (Å²) in [7, 11) is 1.60. The summed E-state index contributed by atoms with van der Waals surface area (Å²) in [6, 6.07) is 16.6. The maximum atomic E-state index is 12.9. The van der Waals surface area contributed by atoms with Crippen molar-refractivity contribution in [1.82, 2.24) is 4.90 Å². The Hall–Kier alpha value is -2.86. The van der Waals surface area contributed by atoms with Crippen molar-refractivity contribution in [3.63, 3.8) is 0 Å². The Morgan fingerprint density at radius 3 is 2.48 bits per heavy atom. The Kier molecular flexibility index (Phi) is 5.64. The monoisotopic (exact) mass is 339 g/mol. The number of anilines is 1. The van der Waals surface area contributed by atoms with Gasteiger partial charge in [-0.3, -0.25) is 10.2 Å². The second-order valence-electron chi connectivity index (χ2n) is 5.54. The van der Waals surface area contributed by atoms with Crippen LogP contribution in [0.5, 0.6) is 5.75 Å². The molecule has 0 aliphatic carbocycles. The topological polar surface area (TPSA) is 63.2 Å². The normalized spacial score (nSPS) is 14.9. The fourth-order valence-corrected chi connectivity index (χ4v) is 2.61. The largest absolute Gasteiger partial charge is 0.495 e. The van der Waals surface area contributed by atoms with Crippen LogP contribution in [0.1, 0.15) is 10.4 Å². The van der Waals surface area contributed by atoms with Crippen LogP contribution in [0.25, 0.3) is 0 Å². The van der Waals surface area contributed by atoms with Gasteiger partial charge in [0.25, 0.3) is 0 Å². The molecule has 0 amide bonds. The predicted octanol–water partition coefficient (Wildman–Crippen LogP) is 2.64. The zero-order valence-electron chi connectivity index (χ0n) is 14.1. The quantitative estimate of drug-likeness (QED) is 0.393. The van der Waals surface area contributed by atoms with Crippen LogP contribution < -0.4 is 10.2 Å². The second kappa shape index (κ2) is 8.30. The van der Waals surface area contributed by atoms with Gasteiger partial charge in [0.2, 0.25) is 5.78 Å². The molecule has 1 saturated heterocycles. The molecule has 1 aliphatic heterocycles. The molecule has 0 unspecified atom stereocenters. The van der Waals surface area contributed by atoms with Gasteiger partial charge in [0, 0.05) is 18.7 Å². The molecule has 1 aliphatic rings. The highest BCUT2D eigenvalue weighted by Crippen LogP contribution is 2.23. The SMILES string of the molecule is COc1ccccc1N/N=C(\C(=O)c1ccccc1)N1CCOCC1. The van der Waals surface area contributed by atoms with E-state index in [1.165, 1.54) is 0 Å². The van der Waals surface area contributed by atoms with Crippen molar-refractivity contribution in [2.45, 2.75) is 0 Å². The number of hydrogen-bond acceptors (Lipinski definition) is 5. The first kappa shape index (κ1) is 17.0. The first-order valence-electron chi connectivity index (χ1n) is 8.19. The van der Waals surface area contributed by atoms with E-state index in [-0.39, 0.29) is 5.78 Å². The molecule has 1 N–H and O–H groups in total. The molecule has 0 bridgehead atoms. The van der Waals surface area contributed by atoms with Gasteiger partial charge in [-0.1, -0.05) is 42.5 Å². The van der Waals surface area contributed by atoms with Crippen molar-refractivity contribution >= 4 is 17.3 Å². The lowest BCUT2D eigenvalue weighted by Crippen LogP contribution is -2.44. The van der Waals surface area contributed by atoms with Crippen molar-refractivity contribution < 1.29 is 14.3 Å². The number of carbonyl (C=O) groups excluding carboxylic acids is 1. The molecule has 1 heterocycles. The minimum atomic E-state index is -0.120. The number of methoxy groups -OCH3 is 1. The first-order chi connectivity index (χ1) is 12.3. The summed E-state index contributed by atoms with van der Waals surface area (Å²) in [4.78, 5) is 14.9. The van der Waals surface area contributed by atoms with Gasteiger partial charge in [0.05, 0.1) is 26.0 Å². The smallest absolute Gasteiger partial charge is 0.229 e. The first-order valence-corrected chi connectivity index (χ1v) is 8.19. The van der Waals surface area contributed by atoms with Crippen molar-refractivity contribution in [2.75, 3.05) is 38.8 Å². The average molecular weight is 339 g/mol. The van der Waals surface area contributed by atoms with E-state index < -0.39 is 0 Å². The van der Waals surface area contributed by atoms with E-state index in [1.54, 1.807) is 19.2 Å². The fraction of sp³-hybridized carbons (Fsp3) is 0.263. The van der Waals surface area contributed by atoms with Crippen LogP contribution in [0.3, 0.4) is 0 Å².